The molecule has 0 aromatic heterocycles. The molecule has 1 aliphatic rings. The summed E-state index contributed by atoms with van der Waals surface area (Å²) in [6.07, 6.45) is 0. The van der Waals surface area contributed by atoms with Gasteiger partial charge in [-0.2, -0.15) is 0 Å². The molecule has 0 spiro atoms. The fourth-order valence-corrected chi connectivity index (χ4v) is 3.16. The Hall–Kier alpha value is -3.67. The molecule has 0 radical (unpaired) electrons. The first kappa shape index (κ1) is 16.8. The zero-order valence-corrected chi connectivity index (χ0v) is 14.3. The largest absolute Gasteiger partial charge is 0.348 e. The Kier molecular flexibility index (Phi) is 4.30. The molecule has 3 aromatic rings. The van der Waals surface area contributed by atoms with Crippen LogP contribution in [0.2, 0.25) is 0 Å². The van der Waals surface area contributed by atoms with Crippen LogP contribution in [0.4, 0.5) is 20.6 Å². The zero-order chi connectivity index (χ0) is 18.8. The predicted molar refractivity (Wildman–Crippen MR) is 102 cm³/mol. The Labute approximate surface area is 155 Å². The summed E-state index contributed by atoms with van der Waals surface area (Å²) < 4.78 is 13.0. The van der Waals surface area contributed by atoms with Crippen molar-refractivity contribution in [2.24, 2.45) is 0 Å². The lowest BCUT2D eigenvalue weighted by Gasteiger charge is -2.13. The SMILES string of the molecule is O=C(Nc1ccc(F)cc1)Nc1ccc(-c2ccccc2)c2c1C(=O)NC2. The van der Waals surface area contributed by atoms with Crippen LogP contribution in [-0.2, 0) is 6.54 Å². The van der Waals surface area contributed by atoms with E-state index in [-0.39, 0.29) is 11.7 Å². The molecule has 3 N–H and O–H groups in total. The van der Waals surface area contributed by atoms with Gasteiger partial charge in [-0.05, 0) is 47.0 Å². The van der Waals surface area contributed by atoms with Crippen LogP contribution in [0.25, 0.3) is 11.1 Å². The van der Waals surface area contributed by atoms with Crippen LogP contribution in [0.15, 0.2) is 66.7 Å². The average Bonchev–Trinajstić information content (AvgIpc) is 3.07. The van der Waals surface area contributed by atoms with E-state index in [1.165, 1.54) is 24.3 Å². The van der Waals surface area contributed by atoms with Crippen molar-refractivity contribution in [1.29, 1.82) is 0 Å². The highest BCUT2D eigenvalue weighted by Crippen LogP contribution is 2.33. The Balaban J connectivity index is 1.62. The van der Waals surface area contributed by atoms with Crippen molar-refractivity contribution in [1.82, 2.24) is 5.32 Å². The molecular weight excluding hydrogens is 345 g/mol. The van der Waals surface area contributed by atoms with Crippen LogP contribution in [0, 0.1) is 5.82 Å². The highest BCUT2D eigenvalue weighted by molar-refractivity contribution is 6.10. The first-order valence-corrected chi connectivity index (χ1v) is 8.45. The van der Waals surface area contributed by atoms with E-state index in [2.05, 4.69) is 16.0 Å². The lowest BCUT2D eigenvalue weighted by Crippen LogP contribution is -2.21. The summed E-state index contributed by atoms with van der Waals surface area (Å²) in [6, 6.07) is 18.3. The van der Waals surface area contributed by atoms with Gasteiger partial charge in [-0.25, -0.2) is 9.18 Å². The van der Waals surface area contributed by atoms with Crippen LogP contribution < -0.4 is 16.0 Å². The summed E-state index contributed by atoms with van der Waals surface area (Å²) >= 11 is 0. The highest BCUT2D eigenvalue weighted by atomic mass is 19.1. The number of benzene rings is 3. The second-order valence-electron chi connectivity index (χ2n) is 6.15. The first-order valence-electron chi connectivity index (χ1n) is 8.45. The lowest BCUT2D eigenvalue weighted by atomic mass is 9.95. The minimum absolute atomic E-state index is 0.222. The van der Waals surface area contributed by atoms with Gasteiger partial charge in [0, 0.05) is 12.2 Å². The van der Waals surface area contributed by atoms with E-state index in [0.717, 1.165) is 16.7 Å². The number of halogens is 1. The standard InChI is InChI=1S/C21H16FN3O2/c22-14-6-8-15(9-7-14)24-21(27)25-18-11-10-16(13-4-2-1-3-5-13)17-12-23-20(26)19(17)18/h1-11H,12H2,(H,23,26)(H2,24,25,27). The van der Waals surface area contributed by atoms with Crippen LogP contribution in [0.1, 0.15) is 15.9 Å². The quantitative estimate of drug-likeness (QED) is 0.648. The van der Waals surface area contributed by atoms with Crippen molar-refractivity contribution in [2.45, 2.75) is 6.54 Å². The fourth-order valence-electron chi connectivity index (χ4n) is 3.16. The molecule has 1 aliphatic heterocycles. The number of rotatable bonds is 3. The molecule has 0 aliphatic carbocycles. The number of hydrogen-bond donors (Lipinski definition) is 3. The molecule has 0 unspecified atom stereocenters. The molecule has 3 aromatic carbocycles. The molecule has 27 heavy (non-hydrogen) atoms. The number of hydrogen-bond acceptors (Lipinski definition) is 2. The van der Waals surface area contributed by atoms with Gasteiger partial charge < -0.3 is 16.0 Å². The summed E-state index contributed by atoms with van der Waals surface area (Å²) in [4.78, 5) is 24.6. The lowest BCUT2D eigenvalue weighted by molar-refractivity contribution is 0.0966. The van der Waals surface area contributed by atoms with Crippen molar-refractivity contribution in [3.05, 3.63) is 83.7 Å². The molecule has 134 valence electrons. The predicted octanol–water partition coefficient (Wildman–Crippen LogP) is 4.38. The van der Waals surface area contributed by atoms with Gasteiger partial charge in [0.05, 0.1) is 11.3 Å². The van der Waals surface area contributed by atoms with Gasteiger partial charge in [-0.15, -0.1) is 0 Å². The van der Waals surface area contributed by atoms with Crippen molar-refractivity contribution in [3.8, 4) is 11.1 Å². The molecule has 0 fully saturated rings. The van der Waals surface area contributed by atoms with Crippen LogP contribution >= 0.6 is 0 Å². The number of fused-ring (bicyclic) bond motifs is 1. The van der Waals surface area contributed by atoms with Gasteiger partial charge >= 0.3 is 6.03 Å². The molecule has 4 rings (SSSR count). The number of nitrogens with one attached hydrogen (secondary N) is 3. The average molecular weight is 361 g/mol. The van der Waals surface area contributed by atoms with E-state index in [9.17, 15) is 14.0 Å². The van der Waals surface area contributed by atoms with E-state index in [1.54, 1.807) is 6.07 Å². The van der Waals surface area contributed by atoms with E-state index in [1.807, 2.05) is 36.4 Å². The number of amides is 3. The summed E-state index contributed by atoms with van der Waals surface area (Å²) in [6.45, 7) is 0.410. The van der Waals surface area contributed by atoms with Gasteiger partial charge in [-0.1, -0.05) is 36.4 Å². The normalized spacial score (nSPS) is 12.3. The topological polar surface area (TPSA) is 70.2 Å². The van der Waals surface area contributed by atoms with E-state index >= 15 is 0 Å². The molecule has 0 atom stereocenters. The molecule has 1 heterocycles. The van der Waals surface area contributed by atoms with Gasteiger partial charge in [0.25, 0.3) is 5.91 Å². The van der Waals surface area contributed by atoms with Crippen molar-refractivity contribution in [2.75, 3.05) is 10.6 Å². The minimum atomic E-state index is -0.504. The number of carbonyl (C=O) groups excluding carboxylic acids is 2. The Bertz CT molecular complexity index is 1020. The first-order chi connectivity index (χ1) is 13.1. The number of anilines is 2. The maximum atomic E-state index is 13.0. The summed E-state index contributed by atoms with van der Waals surface area (Å²) in [7, 11) is 0. The van der Waals surface area contributed by atoms with Gasteiger partial charge in [-0.3, -0.25) is 4.79 Å². The van der Waals surface area contributed by atoms with Crippen molar-refractivity contribution < 1.29 is 14.0 Å². The second-order valence-corrected chi connectivity index (χ2v) is 6.15. The summed E-state index contributed by atoms with van der Waals surface area (Å²) in [5.41, 5.74) is 4.16. The zero-order valence-electron chi connectivity index (χ0n) is 14.3. The summed E-state index contributed by atoms with van der Waals surface area (Å²) in [5, 5.41) is 8.14. The van der Waals surface area contributed by atoms with Crippen molar-refractivity contribution >= 4 is 23.3 Å². The maximum Gasteiger partial charge on any atom is 0.323 e. The third kappa shape index (κ3) is 3.37. The van der Waals surface area contributed by atoms with Gasteiger partial charge in [0.1, 0.15) is 5.82 Å². The third-order valence-corrected chi connectivity index (χ3v) is 4.40. The smallest absolute Gasteiger partial charge is 0.323 e. The minimum Gasteiger partial charge on any atom is -0.348 e. The third-order valence-electron chi connectivity index (χ3n) is 4.40. The molecule has 6 heteroatoms. The van der Waals surface area contributed by atoms with Crippen molar-refractivity contribution in [3.63, 3.8) is 0 Å². The van der Waals surface area contributed by atoms with E-state index in [0.29, 0.717) is 23.5 Å². The van der Waals surface area contributed by atoms with Crippen LogP contribution in [0.5, 0.6) is 0 Å². The molecule has 5 nitrogen and oxygen atoms in total. The molecule has 0 saturated heterocycles. The van der Waals surface area contributed by atoms with Gasteiger partial charge in [0.15, 0.2) is 0 Å². The molecular formula is C21H16FN3O2. The number of carbonyl (C=O) groups is 2. The van der Waals surface area contributed by atoms with E-state index < -0.39 is 6.03 Å². The monoisotopic (exact) mass is 361 g/mol. The highest BCUT2D eigenvalue weighted by Gasteiger charge is 2.26. The summed E-state index contributed by atoms with van der Waals surface area (Å²) in [5.74, 6) is -0.605. The molecule has 3 amide bonds. The van der Waals surface area contributed by atoms with Gasteiger partial charge in [0.2, 0.25) is 0 Å². The second kappa shape index (κ2) is 6.92. The van der Waals surface area contributed by atoms with Crippen LogP contribution in [-0.4, -0.2) is 11.9 Å². The fraction of sp³-hybridized carbons (Fsp3) is 0.0476. The Morgan fingerprint density at radius 2 is 1.67 bits per heavy atom. The van der Waals surface area contributed by atoms with Crippen LogP contribution in [0.3, 0.4) is 0 Å². The molecule has 0 bridgehead atoms. The number of urea groups is 1. The maximum absolute atomic E-state index is 13.0. The van der Waals surface area contributed by atoms with E-state index in [4.69, 9.17) is 0 Å². The molecule has 0 saturated carbocycles. The Morgan fingerprint density at radius 1 is 0.926 bits per heavy atom. The Morgan fingerprint density at radius 3 is 2.41 bits per heavy atom.